The van der Waals surface area contributed by atoms with Crippen molar-refractivity contribution in [2.75, 3.05) is 5.32 Å². The molecule has 8 heteroatoms. The molecule has 0 saturated heterocycles. The molecule has 0 spiro atoms. The Bertz CT molecular complexity index is 577. The summed E-state index contributed by atoms with van der Waals surface area (Å²) in [5, 5.41) is 5.85. The molecule has 5 nitrogen and oxygen atoms in total. The van der Waals surface area contributed by atoms with E-state index in [1.807, 2.05) is 13.8 Å². The van der Waals surface area contributed by atoms with Crippen LogP contribution < -0.4 is 10.7 Å². The van der Waals surface area contributed by atoms with Gasteiger partial charge in [0.1, 0.15) is 0 Å². The zero-order chi connectivity index (χ0) is 16.8. The Labute approximate surface area is 125 Å². The average molecular weight is 315 g/mol. The molecule has 0 radical (unpaired) electrons. The van der Waals surface area contributed by atoms with Crippen LogP contribution in [0.3, 0.4) is 0 Å². The monoisotopic (exact) mass is 315 g/mol. The van der Waals surface area contributed by atoms with Crippen LogP contribution in [0.15, 0.2) is 29.4 Å². The van der Waals surface area contributed by atoms with Crippen LogP contribution >= 0.6 is 0 Å². The van der Waals surface area contributed by atoms with Crippen LogP contribution in [0.1, 0.15) is 32.3 Å². The van der Waals surface area contributed by atoms with Crippen LogP contribution in [0.4, 0.5) is 18.9 Å². The standard InChI is InChI=1S/C14H16F3N3O2/c1-3-10(4-2)19-20-13(22)12(21)18-11-7-5-6-9(8-11)14(15,16)17/h5-8H,3-4H2,1-2H3,(H,18,21)(H,20,22). The highest BCUT2D eigenvalue weighted by Crippen LogP contribution is 2.30. The van der Waals surface area contributed by atoms with Crippen molar-refractivity contribution in [3.05, 3.63) is 29.8 Å². The van der Waals surface area contributed by atoms with E-state index in [9.17, 15) is 22.8 Å². The lowest BCUT2D eigenvalue weighted by Gasteiger charge is -2.09. The van der Waals surface area contributed by atoms with Crippen molar-refractivity contribution >= 4 is 23.2 Å². The van der Waals surface area contributed by atoms with Crippen molar-refractivity contribution in [1.29, 1.82) is 0 Å². The molecule has 1 aromatic carbocycles. The number of hydrazone groups is 1. The lowest BCUT2D eigenvalue weighted by Crippen LogP contribution is -2.33. The molecule has 0 bridgehead atoms. The van der Waals surface area contributed by atoms with E-state index >= 15 is 0 Å². The zero-order valence-corrected chi connectivity index (χ0v) is 12.1. The van der Waals surface area contributed by atoms with E-state index in [2.05, 4.69) is 15.8 Å². The Balaban J connectivity index is 2.73. The molecule has 22 heavy (non-hydrogen) atoms. The van der Waals surface area contributed by atoms with Crippen molar-refractivity contribution in [3.8, 4) is 0 Å². The highest BCUT2D eigenvalue weighted by molar-refractivity contribution is 6.39. The first-order chi connectivity index (χ1) is 10.3. The number of carbonyl (C=O) groups is 2. The van der Waals surface area contributed by atoms with Gasteiger partial charge in [0.2, 0.25) is 0 Å². The minimum Gasteiger partial charge on any atom is -0.318 e. The van der Waals surface area contributed by atoms with Crippen LogP contribution in [-0.2, 0) is 15.8 Å². The van der Waals surface area contributed by atoms with Gasteiger partial charge < -0.3 is 5.32 Å². The number of anilines is 1. The number of nitrogens with zero attached hydrogens (tertiary/aromatic N) is 1. The Morgan fingerprint density at radius 2 is 1.77 bits per heavy atom. The minimum absolute atomic E-state index is 0.120. The quantitative estimate of drug-likeness (QED) is 0.509. The Kier molecular flexibility index (Phi) is 6.09. The number of hydrogen-bond donors (Lipinski definition) is 2. The van der Waals surface area contributed by atoms with Crippen molar-refractivity contribution in [2.24, 2.45) is 5.10 Å². The number of alkyl halides is 3. The van der Waals surface area contributed by atoms with E-state index in [4.69, 9.17) is 0 Å². The maximum Gasteiger partial charge on any atom is 0.416 e. The van der Waals surface area contributed by atoms with Gasteiger partial charge >= 0.3 is 18.0 Å². The van der Waals surface area contributed by atoms with Crippen molar-refractivity contribution in [3.63, 3.8) is 0 Å². The summed E-state index contributed by atoms with van der Waals surface area (Å²) in [5.74, 6) is -2.13. The normalized spacial score (nSPS) is 10.8. The second-order valence-corrected chi connectivity index (χ2v) is 4.36. The van der Waals surface area contributed by atoms with Gasteiger partial charge in [-0.05, 0) is 31.0 Å². The predicted octanol–water partition coefficient (Wildman–Crippen LogP) is 2.94. The second kappa shape index (κ2) is 7.58. The van der Waals surface area contributed by atoms with Gasteiger partial charge in [-0.2, -0.15) is 18.3 Å². The molecule has 0 atom stereocenters. The molecule has 1 rings (SSSR count). The number of hydrogen-bond acceptors (Lipinski definition) is 3. The maximum atomic E-state index is 12.5. The second-order valence-electron chi connectivity index (χ2n) is 4.36. The fourth-order valence-electron chi connectivity index (χ4n) is 1.55. The average Bonchev–Trinajstić information content (AvgIpc) is 2.47. The van der Waals surface area contributed by atoms with E-state index in [-0.39, 0.29) is 5.69 Å². The zero-order valence-electron chi connectivity index (χ0n) is 12.1. The highest BCUT2D eigenvalue weighted by Gasteiger charge is 2.30. The van der Waals surface area contributed by atoms with E-state index in [1.54, 1.807) is 0 Å². The topological polar surface area (TPSA) is 70.6 Å². The van der Waals surface area contributed by atoms with Gasteiger partial charge in [0.25, 0.3) is 0 Å². The summed E-state index contributed by atoms with van der Waals surface area (Å²) in [6, 6.07) is 4.01. The number of halogens is 3. The predicted molar refractivity (Wildman–Crippen MR) is 76.2 cm³/mol. The summed E-state index contributed by atoms with van der Waals surface area (Å²) in [6.07, 6.45) is -3.29. The third-order valence-electron chi connectivity index (χ3n) is 2.79. The summed E-state index contributed by atoms with van der Waals surface area (Å²) in [7, 11) is 0. The first-order valence-electron chi connectivity index (χ1n) is 6.62. The molecule has 0 aliphatic rings. The number of rotatable bonds is 4. The molecule has 2 amide bonds. The Hall–Kier alpha value is -2.38. The van der Waals surface area contributed by atoms with Crippen molar-refractivity contribution in [2.45, 2.75) is 32.9 Å². The van der Waals surface area contributed by atoms with Gasteiger partial charge in [-0.1, -0.05) is 19.9 Å². The smallest absolute Gasteiger partial charge is 0.318 e. The number of nitrogens with one attached hydrogen (secondary N) is 2. The highest BCUT2D eigenvalue weighted by atomic mass is 19.4. The molecule has 1 aromatic rings. The van der Waals surface area contributed by atoms with Gasteiger partial charge in [0, 0.05) is 11.4 Å². The van der Waals surface area contributed by atoms with E-state index in [1.165, 1.54) is 6.07 Å². The first kappa shape index (κ1) is 17.7. The van der Waals surface area contributed by atoms with Crippen LogP contribution in [0.25, 0.3) is 0 Å². The summed E-state index contributed by atoms with van der Waals surface area (Å²) in [4.78, 5) is 23.1. The van der Waals surface area contributed by atoms with Gasteiger partial charge in [0.15, 0.2) is 0 Å². The molecule has 0 aromatic heterocycles. The number of amides is 2. The van der Waals surface area contributed by atoms with Crippen LogP contribution in [0.5, 0.6) is 0 Å². The van der Waals surface area contributed by atoms with Crippen LogP contribution in [0.2, 0.25) is 0 Å². The molecule has 0 fully saturated rings. The molecule has 2 N–H and O–H groups in total. The van der Waals surface area contributed by atoms with Gasteiger partial charge in [-0.15, -0.1) is 0 Å². The fourth-order valence-corrected chi connectivity index (χ4v) is 1.55. The number of carbonyl (C=O) groups excluding carboxylic acids is 2. The van der Waals surface area contributed by atoms with Crippen molar-refractivity contribution < 1.29 is 22.8 Å². The Morgan fingerprint density at radius 1 is 1.14 bits per heavy atom. The molecule has 0 saturated carbocycles. The van der Waals surface area contributed by atoms with E-state index in [0.717, 1.165) is 18.2 Å². The summed E-state index contributed by atoms with van der Waals surface area (Å²) in [6.45, 7) is 3.69. The van der Waals surface area contributed by atoms with Crippen molar-refractivity contribution in [1.82, 2.24) is 5.43 Å². The maximum absolute atomic E-state index is 12.5. The SMILES string of the molecule is CCC(CC)=NNC(=O)C(=O)Nc1cccc(C(F)(F)F)c1. The lowest BCUT2D eigenvalue weighted by atomic mass is 10.2. The molecule has 0 heterocycles. The fraction of sp³-hybridized carbons (Fsp3) is 0.357. The summed E-state index contributed by atoms with van der Waals surface area (Å²) in [5.41, 5.74) is 1.72. The van der Waals surface area contributed by atoms with Gasteiger partial charge in [-0.25, -0.2) is 5.43 Å². The third-order valence-corrected chi connectivity index (χ3v) is 2.79. The van der Waals surface area contributed by atoms with Crippen LogP contribution in [0, 0.1) is 0 Å². The third kappa shape index (κ3) is 5.19. The van der Waals surface area contributed by atoms with E-state index in [0.29, 0.717) is 18.6 Å². The Morgan fingerprint density at radius 3 is 2.32 bits per heavy atom. The lowest BCUT2D eigenvalue weighted by molar-refractivity contribution is -0.137. The summed E-state index contributed by atoms with van der Waals surface area (Å²) >= 11 is 0. The molecule has 0 unspecified atom stereocenters. The van der Waals surface area contributed by atoms with E-state index < -0.39 is 23.6 Å². The molecule has 0 aliphatic carbocycles. The molecular formula is C14H16F3N3O2. The van der Waals surface area contributed by atoms with Gasteiger partial charge in [0.05, 0.1) is 5.56 Å². The summed E-state index contributed by atoms with van der Waals surface area (Å²) < 4.78 is 37.6. The largest absolute Gasteiger partial charge is 0.416 e. The minimum atomic E-state index is -4.52. The first-order valence-corrected chi connectivity index (χ1v) is 6.62. The number of benzene rings is 1. The van der Waals surface area contributed by atoms with Crippen LogP contribution in [-0.4, -0.2) is 17.5 Å². The van der Waals surface area contributed by atoms with Gasteiger partial charge in [-0.3, -0.25) is 9.59 Å². The molecule has 0 aliphatic heterocycles. The molecular weight excluding hydrogens is 299 g/mol. The molecule has 120 valence electrons.